The minimum absolute atomic E-state index is 0.149. The van der Waals surface area contributed by atoms with Crippen molar-refractivity contribution < 1.29 is 14.0 Å². The number of rotatable bonds is 6. The first kappa shape index (κ1) is 18.9. The molecule has 0 aliphatic carbocycles. The third-order valence-corrected chi connectivity index (χ3v) is 4.68. The number of halogens is 1. The molecule has 2 heterocycles. The van der Waals surface area contributed by atoms with Gasteiger partial charge in [0.1, 0.15) is 17.2 Å². The Balaban J connectivity index is 1.63. The molecule has 4 aromatic rings. The number of para-hydroxylation sites is 1. The third kappa shape index (κ3) is 3.64. The number of hydrogen-bond donors (Lipinski definition) is 0. The molecule has 2 aromatic carbocycles. The lowest BCUT2D eigenvalue weighted by Gasteiger charge is -2.09. The molecule has 0 N–H and O–H groups in total. The minimum Gasteiger partial charge on any atom is -0.471 e. The van der Waals surface area contributed by atoms with Gasteiger partial charge in [-0.25, -0.2) is 4.68 Å². The van der Waals surface area contributed by atoms with E-state index in [1.165, 1.54) is 14.2 Å². The number of methoxy groups -OCH3 is 1. The Labute approximate surface area is 171 Å². The number of aryl methyl sites for hydroxylation is 1. The molecule has 0 bridgehead atoms. The average Bonchev–Trinajstić information content (AvgIpc) is 3.26. The van der Waals surface area contributed by atoms with Crippen LogP contribution in [-0.2, 0) is 13.7 Å². The van der Waals surface area contributed by atoms with Crippen molar-refractivity contribution in [3.63, 3.8) is 0 Å². The first-order chi connectivity index (χ1) is 14.1. The Morgan fingerprint density at radius 2 is 1.83 bits per heavy atom. The fraction of sp³-hybridized carbons (Fsp3) is 0.143. The second kappa shape index (κ2) is 7.89. The minimum atomic E-state index is -0.291. The van der Waals surface area contributed by atoms with E-state index in [0.29, 0.717) is 22.0 Å². The third-order valence-electron chi connectivity index (χ3n) is 4.42. The van der Waals surface area contributed by atoms with E-state index in [-0.39, 0.29) is 18.1 Å². The molecule has 0 amide bonds. The molecular formula is C21H18ClN3O4. The van der Waals surface area contributed by atoms with Crippen molar-refractivity contribution in [1.82, 2.24) is 14.5 Å². The summed E-state index contributed by atoms with van der Waals surface area (Å²) < 4.78 is 19.2. The van der Waals surface area contributed by atoms with Crippen LogP contribution >= 0.6 is 11.6 Å². The number of aromatic nitrogens is 3. The quantitative estimate of drug-likeness (QED) is 0.478. The highest BCUT2D eigenvalue weighted by Crippen LogP contribution is 2.31. The van der Waals surface area contributed by atoms with Crippen LogP contribution in [0.2, 0.25) is 5.02 Å². The van der Waals surface area contributed by atoms with Gasteiger partial charge in [-0.1, -0.05) is 54.1 Å². The highest BCUT2D eigenvalue weighted by Gasteiger charge is 2.21. The summed E-state index contributed by atoms with van der Waals surface area (Å²) in [5, 5.41) is 4.80. The van der Waals surface area contributed by atoms with Crippen molar-refractivity contribution in [3.05, 3.63) is 81.7 Å². The molecule has 0 aliphatic heterocycles. The lowest BCUT2D eigenvalue weighted by atomic mass is 10.0. The smallest absolute Gasteiger partial charge is 0.320 e. The van der Waals surface area contributed by atoms with E-state index in [0.717, 1.165) is 16.0 Å². The average molecular weight is 412 g/mol. The summed E-state index contributed by atoms with van der Waals surface area (Å²) in [4.78, 5) is 12.5. The van der Waals surface area contributed by atoms with Crippen molar-refractivity contribution in [1.29, 1.82) is 0 Å². The molecule has 4 rings (SSSR count). The normalized spacial score (nSPS) is 10.9. The van der Waals surface area contributed by atoms with E-state index >= 15 is 0 Å². The van der Waals surface area contributed by atoms with Gasteiger partial charge < -0.3 is 14.0 Å². The van der Waals surface area contributed by atoms with Gasteiger partial charge in [-0.2, -0.15) is 4.74 Å². The molecular weight excluding hydrogens is 394 g/mol. The zero-order valence-corrected chi connectivity index (χ0v) is 16.6. The van der Waals surface area contributed by atoms with Gasteiger partial charge in [0.05, 0.1) is 19.0 Å². The molecule has 0 aliphatic rings. The van der Waals surface area contributed by atoms with Crippen LogP contribution < -0.4 is 15.0 Å². The zero-order valence-electron chi connectivity index (χ0n) is 15.8. The van der Waals surface area contributed by atoms with Crippen molar-refractivity contribution in [2.24, 2.45) is 7.05 Å². The summed E-state index contributed by atoms with van der Waals surface area (Å²) in [5.41, 5.74) is 2.36. The molecule has 7 nitrogen and oxygen atoms in total. The maximum absolute atomic E-state index is 12.5. The van der Waals surface area contributed by atoms with Crippen LogP contribution in [0.4, 0.5) is 0 Å². The number of ether oxygens (including phenoxy) is 2. The van der Waals surface area contributed by atoms with Crippen molar-refractivity contribution in [2.75, 3.05) is 7.11 Å². The lowest BCUT2D eigenvalue weighted by molar-refractivity contribution is 0.208. The van der Waals surface area contributed by atoms with Crippen LogP contribution in [0.1, 0.15) is 5.56 Å². The van der Waals surface area contributed by atoms with Gasteiger partial charge in [-0.3, -0.25) is 4.79 Å². The van der Waals surface area contributed by atoms with Crippen molar-refractivity contribution in [3.8, 4) is 28.6 Å². The van der Waals surface area contributed by atoms with E-state index < -0.39 is 0 Å². The number of benzene rings is 2. The lowest BCUT2D eigenvalue weighted by Crippen LogP contribution is -2.12. The zero-order chi connectivity index (χ0) is 20.4. The fourth-order valence-corrected chi connectivity index (χ4v) is 3.19. The fourth-order valence-electron chi connectivity index (χ4n) is 3.00. The summed E-state index contributed by atoms with van der Waals surface area (Å²) >= 11 is 6.30. The molecule has 8 heteroatoms. The highest BCUT2D eigenvalue weighted by atomic mass is 35.5. The first-order valence-electron chi connectivity index (χ1n) is 8.84. The van der Waals surface area contributed by atoms with Crippen LogP contribution in [0.3, 0.4) is 0 Å². The maximum Gasteiger partial charge on any atom is 0.320 e. The van der Waals surface area contributed by atoms with Crippen molar-refractivity contribution >= 4 is 11.6 Å². The van der Waals surface area contributed by atoms with Gasteiger partial charge in [0.15, 0.2) is 0 Å². The van der Waals surface area contributed by atoms with Crippen LogP contribution in [0.15, 0.2) is 70.1 Å². The Morgan fingerprint density at radius 1 is 1.10 bits per heavy atom. The monoisotopic (exact) mass is 411 g/mol. The van der Waals surface area contributed by atoms with Crippen molar-refractivity contribution in [2.45, 2.75) is 6.61 Å². The molecule has 0 fully saturated rings. The second-order valence-electron chi connectivity index (χ2n) is 6.27. The molecule has 0 unspecified atom stereocenters. The summed E-state index contributed by atoms with van der Waals surface area (Å²) in [6.07, 6.45) is 1.69. The summed E-state index contributed by atoms with van der Waals surface area (Å²) in [6.45, 7) is 0.166. The Morgan fingerprint density at radius 3 is 2.59 bits per heavy atom. The van der Waals surface area contributed by atoms with Crippen LogP contribution in [0.5, 0.6) is 11.8 Å². The molecule has 0 saturated carbocycles. The van der Waals surface area contributed by atoms with Crippen LogP contribution in [0, 0.1) is 0 Å². The first-order valence-corrected chi connectivity index (χ1v) is 9.22. The highest BCUT2D eigenvalue weighted by molar-refractivity contribution is 6.31. The Bertz CT molecular complexity index is 1190. The molecule has 2 aromatic heterocycles. The van der Waals surface area contributed by atoms with E-state index in [1.54, 1.807) is 10.9 Å². The van der Waals surface area contributed by atoms with Gasteiger partial charge in [-0.15, -0.1) is 5.10 Å². The predicted molar refractivity (Wildman–Crippen MR) is 109 cm³/mol. The Kier molecular flexibility index (Phi) is 5.14. The van der Waals surface area contributed by atoms with Crippen LogP contribution in [-0.4, -0.2) is 21.6 Å². The van der Waals surface area contributed by atoms with E-state index in [1.807, 2.05) is 54.6 Å². The topological polar surface area (TPSA) is 71.4 Å². The molecule has 0 saturated heterocycles. The molecule has 0 spiro atoms. The maximum atomic E-state index is 12.5. The Hall–Kier alpha value is -3.45. The van der Waals surface area contributed by atoms with Gasteiger partial charge in [0.25, 0.3) is 11.4 Å². The standard InChI is InChI=1S/C21H18ClN3O4/c1-24-20(26)18(21(27-2)29-24)16-11-7-6-8-14(16)13-28-19-17(22)12-25(23-19)15-9-4-3-5-10-15/h3-12H,13H2,1-2H3. The van der Waals surface area contributed by atoms with Gasteiger partial charge >= 0.3 is 5.95 Å². The summed E-state index contributed by atoms with van der Waals surface area (Å²) in [7, 11) is 2.99. The molecule has 0 radical (unpaired) electrons. The predicted octanol–water partition coefficient (Wildman–Crippen LogP) is 4.07. The summed E-state index contributed by atoms with van der Waals surface area (Å²) in [6, 6.07) is 17.0. The van der Waals surface area contributed by atoms with Crippen LogP contribution in [0.25, 0.3) is 16.8 Å². The van der Waals surface area contributed by atoms with Gasteiger partial charge in [-0.05, 0) is 17.7 Å². The SMILES string of the molecule is COc1on(C)c(=O)c1-c1ccccc1COc1nn(-c2ccccc2)cc1Cl. The van der Waals surface area contributed by atoms with E-state index in [2.05, 4.69) is 5.10 Å². The molecule has 148 valence electrons. The molecule has 0 atom stereocenters. The van der Waals surface area contributed by atoms with Gasteiger partial charge in [0.2, 0.25) is 0 Å². The largest absolute Gasteiger partial charge is 0.471 e. The van der Waals surface area contributed by atoms with E-state index in [9.17, 15) is 4.79 Å². The summed E-state index contributed by atoms with van der Waals surface area (Å²) in [5.74, 6) is 0.453. The number of nitrogens with zero attached hydrogens (tertiary/aromatic N) is 3. The second-order valence-corrected chi connectivity index (χ2v) is 6.68. The number of hydrogen-bond acceptors (Lipinski definition) is 5. The van der Waals surface area contributed by atoms with E-state index in [4.69, 9.17) is 25.6 Å². The molecule has 29 heavy (non-hydrogen) atoms. The van der Waals surface area contributed by atoms with Gasteiger partial charge in [0, 0.05) is 12.6 Å².